The first-order chi connectivity index (χ1) is 12.0. The van der Waals surface area contributed by atoms with Gasteiger partial charge in [-0.2, -0.15) is 0 Å². The molecule has 0 aliphatic heterocycles. The highest BCUT2D eigenvalue weighted by Gasteiger charge is 2.14. The number of nitrogens with zero attached hydrogens (tertiary/aromatic N) is 1. The van der Waals surface area contributed by atoms with Gasteiger partial charge in [0.25, 0.3) is 11.8 Å². The molecule has 0 unspecified atom stereocenters. The number of carbonyl (C=O) groups is 2. The maximum Gasteiger partial charge on any atom is 0.257 e. The third kappa shape index (κ3) is 5.42. The van der Waals surface area contributed by atoms with Crippen molar-refractivity contribution in [3.05, 3.63) is 57.8 Å². The van der Waals surface area contributed by atoms with Crippen molar-refractivity contribution < 1.29 is 14.3 Å². The number of amides is 2. The Hall–Kier alpha value is -2.15. The molecule has 0 saturated carbocycles. The standard InChI is InChI=1S/C17H17Cl2N3O3/c1-25-7-3-6-21-16(23)11-8-12(10-20-9-11)17(24)22-15-13(18)4-2-5-14(15)19/h2,4-5,8-10H,3,6-7H2,1H3,(H,21,23)(H,22,24). The van der Waals surface area contributed by atoms with E-state index in [1.165, 1.54) is 18.5 Å². The molecule has 0 atom stereocenters. The topological polar surface area (TPSA) is 80.3 Å². The summed E-state index contributed by atoms with van der Waals surface area (Å²) in [6.07, 6.45) is 3.45. The van der Waals surface area contributed by atoms with Crippen LogP contribution in [0, 0.1) is 0 Å². The quantitative estimate of drug-likeness (QED) is 0.720. The molecule has 2 rings (SSSR count). The normalized spacial score (nSPS) is 10.4. The van der Waals surface area contributed by atoms with E-state index in [4.69, 9.17) is 27.9 Å². The van der Waals surface area contributed by atoms with Gasteiger partial charge in [0.1, 0.15) is 0 Å². The van der Waals surface area contributed by atoms with E-state index < -0.39 is 5.91 Å². The van der Waals surface area contributed by atoms with Gasteiger partial charge in [-0.25, -0.2) is 0 Å². The van der Waals surface area contributed by atoms with E-state index in [9.17, 15) is 9.59 Å². The molecule has 2 amide bonds. The van der Waals surface area contributed by atoms with Gasteiger partial charge < -0.3 is 15.4 Å². The Bertz CT molecular complexity index is 748. The molecule has 25 heavy (non-hydrogen) atoms. The lowest BCUT2D eigenvalue weighted by molar-refractivity contribution is 0.0948. The summed E-state index contributed by atoms with van der Waals surface area (Å²) in [6.45, 7) is 1.03. The van der Waals surface area contributed by atoms with E-state index in [1.54, 1.807) is 25.3 Å². The lowest BCUT2D eigenvalue weighted by Gasteiger charge is -2.10. The summed E-state index contributed by atoms with van der Waals surface area (Å²) in [5.41, 5.74) is 0.820. The van der Waals surface area contributed by atoms with E-state index in [0.29, 0.717) is 35.3 Å². The molecule has 132 valence electrons. The van der Waals surface area contributed by atoms with Crippen molar-refractivity contribution in [2.45, 2.75) is 6.42 Å². The molecule has 0 fully saturated rings. The number of pyridine rings is 1. The molecule has 0 aliphatic rings. The van der Waals surface area contributed by atoms with Crippen molar-refractivity contribution in [1.29, 1.82) is 0 Å². The molecule has 6 nitrogen and oxygen atoms in total. The van der Waals surface area contributed by atoms with Gasteiger partial charge in [-0.1, -0.05) is 29.3 Å². The zero-order chi connectivity index (χ0) is 18.2. The van der Waals surface area contributed by atoms with Gasteiger partial charge in [0.05, 0.1) is 26.9 Å². The van der Waals surface area contributed by atoms with Crippen LogP contribution in [-0.4, -0.2) is 37.1 Å². The Morgan fingerprint density at radius 2 is 1.76 bits per heavy atom. The summed E-state index contributed by atoms with van der Waals surface area (Å²) in [7, 11) is 1.60. The smallest absolute Gasteiger partial charge is 0.257 e. The van der Waals surface area contributed by atoms with Crippen molar-refractivity contribution in [2.75, 3.05) is 25.6 Å². The Morgan fingerprint density at radius 1 is 1.12 bits per heavy atom. The van der Waals surface area contributed by atoms with Crippen LogP contribution in [0.5, 0.6) is 0 Å². The number of hydrogen-bond acceptors (Lipinski definition) is 4. The van der Waals surface area contributed by atoms with Crippen molar-refractivity contribution in [1.82, 2.24) is 10.3 Å². The van der Waals surface area contributed by atoms with Crippen LogP contribution >= 0.6 is 23.2 Å². The monoisotopic (exact) mass is 381 g/mol. The fourth-order valence-corrected chi connectivity index (χ4v) is 2.50. The first-order valence-corrected chi connectivity index (χ1v) is 8.26. The molecular formula is C17H17Cl2N3O3. The highest BCUT2D eigenvalue weighted by molar-refractivity contribution is 6.40. The summed E-state index contributed by atoms with van der Waals surface area (Å²) < 4.78 is 4.92. The van der Waals surface area contributed by atoms with E-state index in [-0.39, 0.29) is 17.0 Å². The molecule has 1 heterocycles. The number of rotatable bonds is 7. The van der Waals surface area contributed by atoms with Crippen molar-refractivity contribution in [3.8, 4) is 0 Å². The van der Waals surface area contributed by atoms with E-state index >= 15 is 0 Å². The van der Waals surface area contributed by atoms with Gasteiger partial charge in [-0.3, -0.25) is 14.6 Å². The minimum Gasteiger partial charge on any atom is -0.385 e. The maximum absolute atomic E-state index is 12.4. The minimum absolute atomic E-state index is 0.223. The third-order valence-corrected chi connectivity index (χ3v) is 3.90. The number of hydrogen-bond donors (Lipinski definition) is 2. The highest BCUT2D eigenvalue weighted by atomic mass is 35.5. The van der Waals surface area contributed by atoms with Crippen molar-refractivity contribution >= 4 is 40.7 Å². The number of halogens is 2. The van der Waals surface area contributed by atoms with E-state index in [2.05, 4.69) is 15.6 Å². The Labute approximate surface area is 155 Å². The largest absolute Gasteiger partial charge is 0.385 e. The number of carbonyl (C=O) groups excluding carboxylic acids is 2. The van der Waals surface area contributed by atoms with Gasteiger partial charge in [0.15, 0.2) is 0 Å². The SMILES string of the molecule is COCCCNC(=O)c1cncc(C(=O)Nc2c(Cl)cccc2Cl)c1. The zero-order valence-electron chi connectivity index (χ0n) is 13.5. The molecule has 2 N–H and O–H groups in total. The number of anilines is 1. The molecule has 0 saturated heterocycles. The Balaban J connectivity index is 2.07. The lowest BCUT2D eigenvalue weighted by Crippen LogP contribution is -2.25. The molecule has 1 aromatic carbocycles. The van der Waals surface area contributed by atoms with Crippen LogP contribution in [0.4, 0.5) is 5.69 Å². The molecule has 0 radical (unpaired) electrons. The van der Waals surface area contributed by atoms with Crippen LogP contribution in [0.1, 0.15) is 27.1 Å². The van der Waals surface area contributed by atoms with Gasteiger partial charge in [-0.05, 0) is 24.6 Å². The zero-order valence-corrected chi connectivity index (χ0v) is 15.0. The fraction of sp³-hybridized carbons (Fsp3) is 0.235. The number of para-hydroxylation sites is 1. The Morgan fingerprint density at radius 3 is 2.40 bits per heavy atom. The number of aromatic nitrogens is 1. The second-order valence-electron chi connectivity index (χ2n) is 5.12. The average Bonchev–Trinajstić information content (AvgIpc) is 2.61. The predicted octanol–water partition coefficient (Wildman–Crippen LogP) is 3.41. The second-order valence-corrected chi connectivity index (χ2v) is 5.93. The summed E-state index contributed by atoms with van der Waals surface area (Å²) in [4.78, 5) is 28.4. The second kappa shape index (κ2) is 9.36. The molecule has 0 bridgehead atoms. The van der Waals surface area contributed by atoms with Gasteiger partial charge in [0, 0.05) is 32.7 Å². The van der Waals surface area contributed by atoms with Crippen molar-refractivity contribution in [3.63, 3.8) is 0 Å². The number of nitrogens with one attached hydrogen (secondary N) is 2. The molecular weight excluding hydrogens is 365 g/mol. The first-order valence-electron chi connectivity index (χ1n) is 7.50. The van der Waals surface area contributed by atoms with Gasteiger partial charge in [0.2, 0.25) is 0 Å². The minimum atomic E-state index is -0.462. The summed E-state index contributed by atoms with van der Waals surface area (Å²) in [5, 5.41) is 6.01. The number of benzene rings is 1. The summed E-state index contributed by atoms with van der Waals surface area (Å²) >= 11 is 12.1. The Kier molecular flexibility index (Phi) is 7.18. The van der Waals surface area contributed by atoms with Crippen molar-refractivity contribution in [2.24, 2.45) is 0 Å². The van der Waals surface area contributed by atoms with Gasteiger partial charge in [-0.15, -0.1) is 0 Å². The molecule has 8 heteroatoms. The van der Waals surface area contributed by atoms with Gasteiger partial charge >= 0.3 is 0 Å². The van der Waals surface area contributed by atoms with Crippen LogP contribution in [0.25, 0.3) is 0 Å². The molecule has 1 aromatic heterocycles. The summed E-state index contributed by atoms with van der Waals surface area (Å²) in [5.74, 6) is -0.773. The van der Waals surface area contributed by atoms with Crippen LogP contribution in [0.15, 0.2) is 36.7 Å². The van der Waals surface area contributed by atoms with Crippen LogP contribution in [0.2, 0.25) is 10.0 Å². The fourth-order valence-electron chi connectivity index (χ4n) is 2.01. The van der Waals surface area contributed by atoms with E-state index in [1.807, 2.05) is 0 Å². The number of methoxy groups -OCH3 is 1. The number of ether oxygens (including phenoxy) is 1. The first kappa shape index (κ1) is 19.2. The lowest BCUT2D eigenvalue weighted by atomic mass is 10.1. The maximum atomic E-state index is 12.4. The molecule has 0 aliphatic carbocycles. The average molecular weight is 382 g/mol. The van der Waals surface area contributed by atoms with Crippen LogP contribution < -0.4 is 10.6 Å². The van der Waals surface area contributed by atoms with E-state index in [0.717, 1.165) is 0 Å². The third-order valence-electron chi connectivity index (χ3n) is 3.27. The van der Waals surface area contributed by atoms with Crippen LogP contribution in [-0.2, 0) is 4.74 Å². The molecule has 0 spiro atoms. The molecule has 2 aromatic rings. The summed E-state index contributed by atoms with van der Waals surface area (Å²) in [6, 6.07) is 6.37. The highest BCUT2D eigenvalue weighted by Crippen LogP contribution is 2.30. The van der Waals surface area contributed by atoms with Crippen LogP contribution in [0.3, 0.4) is 0 Å². The predicted molar refractivity (Wildman–Crippen MR) is 97.5 cm³/mol.